The van der Waals surface area contributed by atoms with E-state index in [1.54, 1.807) is 31.3 Å². The Balaban J connectivity index is 1.73. The average Bonchev–Trinajstić information content (AvgIpc) is 3.20. The zero-order valence-electron chi connectivity index (χ0n) is 16.3. The highest BCUT2D eigenvalue weighted by molar-refractivity contribution is 6.30. The van der Waals surface area contributed by atoms with E-state index in [0.29, 0.717) is 28.6 Å². The molecule has 7 nitrogen and oxygen atoms in total. The van der Waals surface area contributed by atoms with E-state index in [2.05, 4.69) is 9.97 Å². The first kappa shape index (κ1) is 17.9. The SMILES string of the molecule is COc1ccc(N2CC(O)=C(c3nc4cc(C)c(C)cc4[nH]3)C2=N)c(OC)c1. The summed E-state index contributed by atoms with van der Waals surface area (Å²) in [7, 11) is 3.15. The van der Waals surface area contributed by atoms with E-state index in [1.165, 1.54) is 0 Å². The molecule has 28 heavy (non-hydrogen) atoms. The lowest BCUT2D eigenvalue weighted by Crippen LogP contribution is -2.26. The molecule has 4 rings (SSSR count). The Hall–Kier alpha value is -3.48. The molecular weight excluding hydrogens is 356 g/mol. The normalized spacial score (nSPS) is 14.3. The van der Waals surface area contributed by atoms with Crippen LogP contribution in [-0.4, -0.2) is 41.7 Å². The second-order valence-corrected chi connectivity index (χ2v) is 6.83. The number of methoxy groups -OCH3 is 2. The van der Waals surface area contributed by atoms with Crippen LogP contribution in [0.2, 0.25) is 0 Å². The van der Waals surface area contributed by atoms with Crippen LogP contribution in [0.5, 0.6) is 11.5 Å². The summed E-state index contributed by atoms with van der Waals surface area (Å²) in [5.41, 5.74) is 5.07. The van der Waals surface area contributed by atoms with Crippen LogP contribution in [-0.2, 0) is 0 Å². The van der Waals surface area contributed by atoms with E-state index in [4.69, 9.17) is 14.9 Å². The molecule has 2 heterocycles. The maximum Gasteiger partial charge on any atom is 0.146 e. The number of hydrogen-bond acceptors (Lipinski definition) is 5. The standard InChI is InChI=1S/C21H22N4O3/c1-11-7-14-15(8-12(11)2)24-21(23-14)19-17(26)10-25(20(19)22)16-6-5-13(27-3)9-18(16)28-4/h5-9,22,26H,10H2,1-4H3,(H,23,24). The summed E-state index contributed by atoms with van der Waals surface area (Å²) in [5, 5.41) is 19.3. The number of aryl methyl sites for hydroxylation is 2. The lowest BCUT2D eigenvalue weighted by atomic mass is 10.1. The predicted octanol–water partition coefficient (Wildman–Crippen LogP) is 3.96. The number of hydrogen-bond donors (Lipinski definition) is 3. The number of aromatic amines is 1. The Morgan fingerprint density at radius 1 is 1.11 bits per heavy atom. The van der Waals surface area contributed by atoms with Crippen LogP contribution in [0.15, 0.2) is 36.1 Å². The molecule has 7 heteroatoms. The zero-order chi connectivity index (χ0) is 20.0. The predicted molar refractivity (Wildman–Crippen MR) is 110 cm³/mol. The first-order chi connectivity index (χ1) is 13.4. The molecule has 1 aliphatic heterocycles. The van der Waals surface area contributed by atoms with Gasteiger partial charge in [-0.05, 0) is 49.2 Å². The fraction of sp³-hybridized carbons (Fsp3) is 0.238. The van der Waals surface area contributed by atoms with Crippen LogP contribution < -0.4 is 14.4 Å². The number of benzene rings is 2. The molecular formula is C21H22N4O3. The summed E-state index contributed by atoms with van der Waals surface area (Å²) in [4.78, 5) is 9.53. The maximum absolute atomic E-state index is 10.6. The number of nitrogens with one attached hydrogen (secondary N) is 2. The van der Waals surface area contributed by atoms with Gasteiger partial charge in [0.05, 0.1) is 43.1 Å². The molecule has 3 N–H and O–H groups in total. The number of rotatable bonds is 4. The van der Waals surface area contributed by atoms with E-state index in [0.717, 1.165) is 22.2 Å². The van der Waals surface area contributed by atoms with Crippen molar-refractivity contribution in [2.24, 2.45) is 0 Å². The van der Waals surface area contributed by atoms with Crippen molar-refractivity contribution < 1.29 is 14.6 Å². The number of anilines is 1. The number of imidazole rings is 1. The summed E-state index contributed by atoms with van der Waals surface area (Å²) in [6.07, 6.45) is 0. The number of ether oxygens (including phenoxy) is 2. The Labute approximate surface area is 162 Å². The fourth-order valence-corrected chi connectivity index (χ4v) is 3.43. The lowest BCUT2D eigenvalue weighted by molar-refractivity contribution is 0.393. The van der Waals surface area contributed by atoms with E-state index in [9.17, 15) is 5.11 Å². The highest BCUT2D eigenvalue weighted by atomic mass is 16.5. The molecule has 3 aromatic rings. The third-order valence-corrected chi connectivity index (χ3v) is 5.12. The van der Waals surface area contributed by atoms with Crippen LogP contribution in [0, 0.1) is 19.3 Å². The Morgan fingerprint density at radius 2 is 1.86 bits per heavy atom. The zero-order valence-corrected chi connectivity index (χ0v) is 16.3. The van der Waals surface area contributed by atoms with E-state index in [1.807, 2.05) is 32.0 Å². The van der Waals surface area contributed by atoms with Crippen LogP contribution in [0.25, 0.3) is 16.6 Å². The van der Waals surface area contributed by atoms with E-state index >= 15 is 0 Å². The topological polar surface area (TPSA) is 94.5 Å². The second-order valence-electron chi connectivity index (χ2n) is 6.83. The molecule has 0 bridgehead atoms. The highest BCUT2D eigenvalue weighted by Crippen LogP contribution is 2.37. The van der Waals surface area contributed by atoms with Crippen molar-refractivity contribution in [2.75, 3.05) is 25.7 Å². The fourth-order valence-electron chi connectivity index (χ4n) is 3.43. The first-order valence-electron chi connectivity index (χ1n) is 8.91. The minimum Gasteiger partial charge on any atom is -0.509 e. The van der Waals surface area contributed by atoms with Crippen molar-refractivity contribution in [1.29, 1.82) is 5.41 Å². The number of aliphatic hydroxyl groups excluding tert-OH is 1. The molecule has 0 radical (unpaired) electrons. The Bertz CT molecular complexity index is 1090. The molecule has 2 aromatic carbocycles. The third-order valence-electron chi connectivity index (χ3n) is 5.12. The molecule has 0 atom stereocenters. The summed E-state index contributed by atoms with van der Waals surface area (Å²) in [5.74, 6) is 1.96. The number of H-pyrrole nitrogens is 1. The number of aliphatic hydroxyl groups is 1. The summed E-state index contributed by atoms with van der Waals surface area (Å²) < 4.78 is 10.7. The molecule has 0 amide bonds. The van der Waals surface area contributed by atoms with Gasteiger partial charge in [-0.1, -0.05) is 0 Å². The van der Waals surface area contributed by atoms with Gasteiger partial charge in [0.25, 0.3) is 0 Å². The van der Waals surface area contributed by atoms with Gasteiger partial charge in [-0.15, -0.1) is 0 Å². The van der Waals surface area contributed by atoms with Crippen molar-refractivity contribution in [2.45, 2.75) is 13.8 Å². The summed E-state index contributed by atoms with van der Waals surface area (Å²) in [6.45, 7) is 4.25. The molecule has 0 unspecified atom stereocenters. The Morgan fingerprint density at radius 3 is 2.57 bits per heavy atom. The molecule has 0 saturated heterocycles. The minimum absolute atomic E-state index is 0.0929. The highest BCUT2D eigenvalue weighted by Gasteiger charge is 2.32. The molecule has 1 aromatic heterocycles. The number of nitrogens with zero attached hydrogens (tertiary/aromatic N) is 2. The minimum atomic E-state index is 0.0929. The van der Waals surface area contributed by atoms with Gasteiger partial charge in [0.1, 0.15) is 28.9 Å². The summed E-state index contributed by atoms with van der Waals surface area (Å²) >= 11 is 0. The van der Waals surface area contributed by atoms with Gasteiger partial charge in [0.15, 0.2) is 0 Å². The van der Waals surface area contributed by atoms with Crippen LogP contribution in [0.1, 0.15) is 17.0 Å². The molecule has 144 valence electrons. The van der Waals surface area contributed by atoms with Gasteiger partial charge in [-0.25, -0.2) is 4.98 Å². The van der Waals surface area contributed by atoms with Crippen LogP contribution in [0.3, 0.4) is 0 Å². The van der Waals surface area contributed by atoms with Gasteiger partial charge >= 0.3 is 0 Å². The summed E-state index contributed by atoms with van der Waals surface area (Å²) in [6, 6.07) is 9.40. The van der Waals surface area contributed by atoms with Crippen LogP contribution in [0.4, 0.5) is 5.69 Å². The van der Waals surface area contributed by atoms with Gasteiger partial charge < -0.3 is 24.5 Å². The smallest absolute Gasteiger partial charge is 0.146 e. The largest absolute Gasteiger partial charge is 0.509 e. The maximum atomic E-state index is 10.6. The van der Waals surface area contributed by atoms with Crippen molar-refractivity contribution in [3.63, 3.8) is 0 Å². The molecule has 0 fully saturated rings. The Kier molecular flexibility index (Phi) is 4.22. The van der Waals surface area contributed by atoms with E-state index < -0.39 is 0 Å². The van der Waals surface area contributed by atoms with E-state index in [-0.39, 0.29) is 18.1 Å². The lowest BCUT2D eigenvalue weighted by Gasteiger charge is -2.21. The average molecular weight is 378 g/mol. The molecule has 1 aliphatic rings. The van der Waals surface area contributed by atoms with Gasteiger partial charge in [0.2, 0.25) is 0 Å². The van der Waals surface area contributed by atoms with Crippen LogP contribution >= 0.6 is 0 Å². The van der Waals surface area contributed by atoms with Crippen molar-refractivity contribution in [3.8, 4) is 11.5 Å². The van der Waals surface area contributed by atoms with Gasteiger partial charge in [0, 0.05) is 6.07 Å². The number of fused-ring (bicyclic) bond motifs is 1. The first-order valence-corrected chi connectivity index (χ1v) is 8.91. The third kappa shape index (κ3) is 2.76. The van der Waals surface area contributed by atoms with Gasteiger partial charge in [-0.2, -0.15) is 0 Å². The molecule has 0 aliphatic carbocycles. The van der Waals surface area contributed by atoms with Gasteiger partial charge in [-0.3, -0.25) is 5.41 Å². The monoisotopic (exact) mass is 378 g/mol. The number of amidine groups is 1. The molecule has 0 saturated carbocycles. The van der Waals surface area contributed by atoms with Crippen molar-refractivity contribution >= 4 is 28.1 Å². The number of aromatic nitrogens is 2. The van der Waals surface area contributed by atoms with Crippen molar-refractivity contribution in [3.05, 3.63) is 53.0 Å². The second kappa shape index (κ2) is 6.60. The quantitative estimate of drug-likeness (QED) is 0.639. The van der Waals surface area contributed by atoms with Crippen molar-refractivity contribution in [1.82, 2.24) is 9.97 Å². The molecule has 0 spiro atoms.